The Balaban J connectivity index is 2.97. The highest BCUT2D eigenvalue weighted by Gasteiger charge is 2.11. The Morgan fingerprint density at radius 2 is 2.15 bits per heavy atom. The van der Waals surface area contributed by atoms with Gasteiger partial charge in [0, 0.05) is 9.86 Å². The van der Waals surface area contributed by atoms with Crippen LogP contribution in [-0.2, 0) is 0 Å². The van der Waals surface area contributed by atoms with Crippen LogP contribution >= 0.6 is 43.5 Å². The maximum absolute atomic E-state index is 6.08. The van der Waals surface area contributed by atoms with Crippen molar-refractivity contribution in [3.63, 3.8) is 0 Å². The number of hydrogen-bond donors (Lipinski definition) is 1. The molecule has 0 saturated carbocycles. The van der Waals surface area contributed by atoms with Crippen LogP contribution in [0.2, 0.25) is 5.02 Å². The summed E-state index contributed by atoms with van der Waals surface area (Å²) in [5.74, 6) is 0. The van der Waals surface area contributed by atoms with E-state index in [-0.39, 0.29) is 0 Å². The summed E-state index contributed by atoms with van der Waals surface area (Å²) in [7, 11) is 0. The van der Waals surface area contributed by atoms with Crippen molar-refractivity contribution in [1.29, 1.82) is 0 Å². The third-order valence-electron chi connectivity index (χ3n) is 1.86. The standard InChI is InChI=1S/C8H5Br2ClN2/c1-3-2-4-5(6(9)7(3)11)8(10)13-12-4/h2H,1H3,(H,12,13). The molecule has 1 aromatic heterocycles. The van der Waals surface area contributed by atoms with Crippen LogP contribution in [0.4, 0.5) is 0 Å². The predicted molar refractivity (Wildman–Crippen MR) is 61.2 cm³/mol. The highest BCUT2D eigenvalue weighted by atomic mass is 79.9. The van der Waals surface area contributed by atoms with Crippen molar-refractivity contribution in [2.24, 2.45) is 0 Å². The number of aryl methyl sites for hydroxylation is 1. The quantitative estimate of drug-likeness (QED) is 0.778. The second-order valence-corrected chi connectivity index (χ2v) is 4.72. The van der Waals surface area contributed by atoms with Crippen LogP contribution in [0.25, 0.3) is 10.9 Å². The Labute approximate surface area is 96.9 Å². The molecule has 0 aliphatic rings. The van der Waals surface area contributed by atoms with E-state index in [0.29, 0.717) is 0 Å². The Kier molecular flexibility index (Phi) is 2.38. The van der Waals surface area contributed by atoms with Crippen molar-refractivity contribution < 1.29 is 0 Å². The third-order valence-corrected chi connectivity index (χ3v) is 3.94. The number of hydrogen-bond acceptors (Lipinski definition) is 1. The Morgan fingerprint density at radius 3 is 2.85 bits per heavy atom. The van der Waals surface area contributed by atoms with Crippen molar-refractivity contribution in [2.45, 2.75) is 6.92 Å². The maximum Gasteiger partial charge on any atom is 0.109 e. The molecule has 68 valence electrons. The monoisotopic (exact) mass is 322 g/mol. The number of benzene rings is 1. The number of H-pyrrole nitrogens is 1. The molecule has 0 aliphatic carbocycles. The minimum absolute atomic E-state index is 0.731. The van der Waals surface area contributed by atoms with Crippen LogP contribution in [-0.4, -0.2) is 10.2 Å². The van der Waals surface area contributed by atoms with E-state index < -0.39 is 0 Å². The summed E-state index contributed by atoms with van der Waals surface area (Å²) in [5, 5.41) is 8.68. The molecule has 2 nitrogen and oxygen atoms in total. The first-order valence-corrected chi connectivity index (χ1v) is 5.56. The van der Waals surface area contributed by atoms with Crippen LogP contribution in [0.15, 0.2) is 15.1 Å². The molecule has 1 heterocycles. The van der Waals surface area contributed by atoms with Gasteiger partial charge in [0.15, 0.2) is 0 Å². The Hall–Kier alpha value is -0.0600. The topological polar surface area (TPSA) is 28.7 Å². The molecule has 0 atom stereocenters. The lowest BCUT2D eigenvalue weighted by atomic mass is 10.2. The number of aromatic amines is 1. The second kappa shape index (κ2) is 3.26. The molecule has 5 heteroatoms. The first kappa shape index (κ1) is 9.49. The van der Waals surface area contributed by atoms with Crippen molar-refractivity contribution in [3.8, 4) is 0 Å². The van der Waals surface area contributed by atoms with Crippen molar-refractivity contribution >= 4 is 54.4 Å². The molecule has 0 amide bonds. The fourth-order valence-corrected chi connectivity index (χ4v) is 2.82. The fraction of sp³-hybridized carbons (Fsp3) is 0.125. The Morgan fingerprint density at radius 1 is 1.46 bits per heavy atom. The first-order valence-electron chi connectivity index (χ1n) is 3.59. The molecule has 1 aromatic carbocycles. The molecule has 0 bridgehead atoms. The molecule has 0 fully saturated rings. The summed E-state index contributed by atoms with van der Waals surface area (Å²) in [5.41, 5.74) is 1.92. The van der Waals surface area contributed by atoms with E-state index in [1.165, 1.54) is 0 Å². The summed E-state index contributed by atoms with van der Waals surface area (Å²) >= 11 is 12.9. The molecule has 2 aromatic rings. The highest BCUT2D eigenvalue weighted by Crippen LogP contribution is 2.36. The minimum Gasteiger partial charge on any atom is -0.270 e. The average molecular weight is 324 g/mol. The number of fused-ring (bicyclic) bond motifs is 1. The summed E-state index contributed by atoms with van der Waals surface area (Å²) in [4.78, 5) is 0. The molecule has 1 N–H and O–H groups in total. The number of halogens is 3. The maximum atomic E-state index is 6.08. The minimum atomic E-state index is 0.731. The lowest BCUT2D eigenvalue weighted by molar-refractivity contribution is 1.09. The molecule has 0 radical (unpaired) electrons. The third kappa shape index (κ3) is 1.41. The van der Waals surface area contributed by atoms with Gasteiger partial charge in [0.05, 0.1) is 10.5 Å². The van der Waals surface area contributed by atoms with E-state index in [1.54, 1.807) is 0 Å². The van der Waals surface area contributed by atoms with E-state index in [2.05, 4.69) is 42.1 Å². The molecule has 0 saturated heterocycles. The zero-order valence-electron chi connectivity index (χ0n) is 6.66. The normalized spacial score (nSPS) is 11.1. The predicted octanol–water partition coefficient (Wildman–Crippen LogP) is 4.05. The van der Waals surface area contributed by atoms with E-state index in [1.807, 2.05) is 13.0 Å². The van der Waals surface area contributed by atoms with Gasteiger partial charge in [0.2, 0.25) is 0 Å². The summed E-state index contributed by atoms with van der Waals surface area (Å²) < 4.78 is 1.72. The lowest BCUT2D eigenvalue weighted by Crippen LogP contribution is -1.79. The molecule has 0 unspecified atom stereocenters. The van der Waals surface area contributed by atoms with E-state index in [0.717, 1.165) is 30.6 Å². The molecule has 0 aliphatic heterocycles. The highest BCUT2D eigenvalue weighted by molar-refractivity contribution is 9.11. The van der Waals surface area contributed by atoms with E-state index in [9.17, 15) is 0 Å². The van der Waals surface area contributed by atoms with Crippen LogP contribution in [0.5, 0.6) is 0 Å². The smallest absolute Gasteiger partial charge is 0.109 e. The van der Waals surface area contributed by atoms with Gasteiger partial charge in [-0.3, -0.25) is 5.10 Å². The van der Waals surface area contributed by atoms with E-state index in [4.69, 9.17) is 11.6 Å². The van der Waals surface area contributed by atoms with Gasteiger partial charge in [-0.05, 0) is 50.4 Å². The SMILES string of the molecule is Cc1cc2n[nH]c(Br)c2c(Br)c1Cl. The zero-order valence-corrected chi connectivity index (χ0v) is 10.6. The molecular weight excluding hydrogens is 319 g/mol. The number of nitrogens with zero attached hydrogens (tertiary/aromatic N) is 1. The summed E-state index contributed by atoms with van der Waals surface area (Å²) in [6.45, 7) is 1.95. The van der Waals surface area contributed by atoms with Gasteiger partial charge in [-0.2, -0.15) is 5.10 Å². The van der Waals surface area contributed by atoms with Crippen molar-refractivity contribution in [1.82, 2.24) is 10.2 Å². The van der Waals surface area contributed by atoms with Gasteiger partial charge in [0.25, 0.3) is 0 Å². The second-order valence-electron chi connectivity index (χ2n) is 2.75. The average Bonchev–Trinajstić information content (AvgIpc) is 2.43. The van der Waals surface area contributed by atoms with Crippen molar-refractivity contribution in [3.05, 3.63) is 25.7 Å². The van der Waals surface area contributed by atoms with Crippen LogP contribution < -0.4 is 0 Å². The number of rotatable bonds is 0. The van der Waals surface area contributed by atoms with Crippen molar-refractivity contribution in [2.75, 3.05) is 0 Å². The van der Waals surface area contributed by atoms with E-state index >= 15 is 0 Å². The van der Waals surface area contributed by atoms with Gasteiger partial charge in [-0.1, -0.05) is 11.6 Å². The number of nitrogens with one attached hydrogen (secondary N) is 1. The molecular formula is C8H5Br2ClN2. The summed E-state index contributed by atoms with van der Waals surface area (Å²) in [6, 6.07) is 1.95. The van der Waals surface area contributed by atoms with Crippen LogP contribution in [0.3, 0.4) is 0 Å². The molecule has 0 spiro atoms. The van der Waals surface area contributed by atoms with Gasteiger partial charge in [-0.25, -0.2) is 0 Å². The van der Waals surface area contributed by atoms with Gasteiger partial charge in [0.1, 0.15) is 4.60 Å². The van der Waals surface area contributed by atoms with Crippen LogP contribution in [0, 0.1) is 6.92 Å². The van der Waals surface area contributed by atoms with Gasteiger partial charge >= 0.3 is 0 Å². The first-order chi connectivity index (χ1) is 6.11. The zero-order chi connectivity index (χ0) is 9.59. The largest absolute Gasteiger partial charge is 0.270 e. The number of aromatic nitrogens is 2. The summed E-state index contributed by atoms with van der Waals surface area (Å²) in [6.07, 6.45) is 0. The fourth-order valence-electron chi connectivity index (χ4n) is 1.20. The van der Waals surface area contributed by atoms with Gasteiger partial charge in [-0.15, -0.1) is 0 Å². The lowest BCUT2D eigenvalue weighted by Gasteiger charge is -2.01. The van der Waals surface area contributed by atoms with Gasteiger partial charge < -0.3 is 0 Å². The molecule has 13 heavy (non-hydrogen) atoms. The molecule has 2 rings (SSSR count). The van der Waals surface area contributed by atoms with Crippen LogP contribution in [0.1, 0.15) is 5.56 Å². The Bertz CT molecular complexity index is 478.